The van der Waals surface area contributed by atoms with Crippen LogP contribution in [0.1, 0.15) is 101 Å². The molecule has 4 rings (SSSR count). The summed E-state index contributed by atoms with van der Waals surface area (Å²) in [6.07, 6.45) is 8.68. The van der Waals surface area contributed by atoms with Crippen LogP contribution in [0.5, 0.6) is 11.5 Å². The maximum Gasteiger partial charge on any atom is 0.204 e. The lowest BCUT2D eigenvalue weighted by molar-refractivity contribution is 0.0230. The molecule has 0 N–H and O–H groups in total. The quantitative estimate of drug-likeness (QED) is 0.212. The molecule has 0 spiro atoms. The number of halogens is 4. The van der Waals surface area contributed by atoms with E-state index in [2.05, 4.69) is 6.92 Å². The van der Waals surface area contributed by atoms with Crippen molar-refractivity contribution in [1.82, 2.24) is 0 Å². The van der Waals surface area contributed by atoms with Crippen LogP contribution in [-0.2, 0) is 4.74 Å². The van der Waals surface area contributed by atoms with Gasteiger partial charge in [0.2, 0.25) is 11.6 Å². The van der Waals surface area contributed by atoms with Gasteiger partial charge in [-0.25, -0.2) is 8.78 Å². The van der Waals surface area contributed by atoms with Gasteiger partial charge < -0.3 is 14.2 Å². The number of unbranched alkanes of at least 4 members (excludes halogenated alkanes) is 1. The number of hydrogen-bond donors (Lipinski definition) is 0. The summed E-state index contributed by atoms with van der Waals surface area (Å²) in [6.45, 7) is 5.09. The highest BCUT2D eigenvalue weighted by molar-refractivity contribution is 5.35. The highest BCUT2D eigenvalue weighted by Gasteiger charge is 2.30. The van der Waals surface area contributed by atoms with Crippen molar-refractivity contribution in [1.29, 1.82) is 0 Å². The predicted molar refractivity (Wildman–Crippen MR) is 140 cm³/mol. The molecular weight excluding hydrogens is 496 g/mol. The third-order valence-corrected chi connectivity index (χ3v) is 8.18. The molecule has 2 aromatic carbocycles. The van der Waals surface area contributed by atoms with E-state index in [0.29, 0.717) is 24.0 Å². The first kappa shape index (κ1) is 28.7. The smallest absolute Gasteiger partial charge is 0.204 e. The molecule has 210 valence electrons. The van der Waals surface area contributed by atoms with Gasteiger partial charge in [-0.3, -0.25) is 0 Å². The van der Waals surface area contributed by atoms with Crippen LogP contribution in [-0.4, -0.2) is 25.9 Å². The molecular formula is C31H40F4O3. The van der Waals surface area contributed by atoms with Crippen molar-refractivity contribution in [2.75, 3.05) is 19.8 Å². The molecule has 0 heterocycles. The fourth-order valence-electron chi connectivity index (χ4n) is 5.88. The van der Waals surface area contributed by atoms with Crippen molar-refractivity contribution in [3.63, 3.8) is 0 Å². The molecule has 0 radical (unpaired) electrons. The van der Waals surface area contributed by atoms with Gasteiger partial charge in [-0.05, 0) is 106 Å². The van der Waals surface area contributed by atoms with E-state index in [1.54, 1.807) is 19.1 Å². The minimum absolute atomic E-state index is 0.0327. The van der Waals surface area contributed by atoms with Gasteiger partial charge in [0.05, 0.1) is 19.3 Å². The van der Waals surface area contributed by atoms with E-state index in [-0.39, 0.29) is 48.6 Å². The molecule has 0 aliphatic heterocycles. The van der Waals surface area contributed by atoms with Crippen molar-refractivity contribution >= 4 is 0 Å². The Labute approximate surface area is 223 Å². The molecule has 2 aliphatic rings. The molecule has 3 nitrogen and oxygen atoms in total. The Morgan fingerprint density at radius 1 is 0.658 bits per heavy atom. The van der Waals surface area contributed by atoms with Crippen LogP contribution in [0, 0.1) is 29.2 Å². The zero-order valence-electron chi connectivity index (χ0n) is 22.5. The Bertz CT molecular complexity index is 1040. The highest BCUT2D eigenvalue weighted by Crippen LogP contribution is 2.41. The summed E-state index contributed by atoms with van der Waals surface area (Å²) in [5.74, 6) is -3.68. The van der Waals surface area contributed by atoms with Gasteiger partial charge in [-0.15, -0.1) is 0 Å². The second kappa shape index (κ2) is 13.7. The maximum atomic E-state index is 15.2. The molecule has 2 aliphatic carbocycles. The first-order valence-corrected chi connectivity index (χ1v) is 14.3. The summed E-state index contributed by atoms with van der Waals surface area (Å²) in [4.78, 5) is 0. The lowest BCUT2D eigenvalue weighted by atomic mass is 9.77. The summed E-state index contributed by atoms with van der Waals surface area (Å²) in [6, 6.07) is 6.30. The number of rotatable bonds is 11. The average Bonchev–Trinajstić information content (AvgIpc) is 2.93. The molecule has 7 heteroatoms. The molecule has 0 aromatic heterocycles. The van der Waals surface area contributed by atoms with E-state index in [0.717, 1.165) is 58.0 Å². The van der Waals surface area contributed by atoms with E-state index < -0.39 is 23.3 Å². The lowest BCUT2D eigenvalue weighted by Crippen LogP contribution is -2.22. The maximum absolute atomic E-state index is 15.2. The fourth-order valence-corrected chi connectivity index (χ4v) is 5.88. The van der Waals surface area contributed by atoms with Gasteiger partial charge in [-0.1, -0.05) is 25.5 Å². The standard InChI is InChI=1S/C31H40F4O3/c1-3-5-18-37-23-12-10-22(11-13-23)25-15-14-24(28(32)29(25)33)21-8-6-20(7-9-21)19-38-27-17-16-26(36-4-2)30(34)31(27)35/h14-17,20-23H,3-13,18-19H2,1-2H3. The summed E-state index contributed by atoms with van der Waals surface area (Å²) >= 11 is 0. The van der Waals surface area contributed by atoms with Crippen molar-refractivity contribution in [2.45, 2.75) is 96.0 Å². The molecule has 0 amide bonds. The zero-order chi connectivity index (χ0) is 27.1. The van der Waals surface area contributed by atoms with Gasteiger partial charge in [0.25, 0.3) is 0 Å². The van der Waals surface area contributed by atoms with Crippen LogP contribution < -0.4 is 9.47 Å². The molecule has 0 bridgehead atoms. The van der Waals surface area contributed by atoms with Crippen LogP contribution in [0.3, 0.4) is 0 Å². The molecule has 0 atom stereocenters. The van der Waals surface area contributed by atoms with E-state index in [1.165, 1.54) is 12.1 Å². The summed E-state index contributed by atoms with van der Waals surface area (Å²) in [7, 11) is 0. The molecule has 2 saturated carbocycles. The second-order valence-electron chi connectivity index (χ2n) is 10.7. The van der Waals surface area contributed by atoms with Crippen molar-refractivity contribution < 1.29 is 31.8 Å². The zero-order valence-corrected chi connectivity index (χ0v) is 22.5. The van der Waals surface area contributed by atoms with Crippen LogP contribution in [0.25, 0.3) is 0 Å². The summed E-state index contributed by atoms with van der Waals surface area (Å²) in [5, 5.41) is 0. The van der Waals surface area contributed by atoms with E-state index >= 15 is 8.78 Å². The molecule has 2 aromatic rings. The van der Waals surface area contributed by atoms with E-state index in [4.69, 9.17) is 14.2 Å². The average molecular weight is 537 g/mol. The first-order valence-electron chi connectivity index (χ1n) is 14.3. The topological polar surface area (TPSA) is 27.7 Å². The molecule has 38 heavy (non-hydrogen) atoms. The predicted octanol–water partition coefficient (Wildman–Crippen LogP) is 8.84. The Hall–Kier alpha value is -2.28. The van der Waals surface area contributed by atoms with Gasteiger partial charge in [-0.2, -0.15) is 8.78 Å². The summed E-state index contributed by atoms with van der Waals surface area (Å²) < 4.78 is 75.3. The van der Waals surface area contributed by atoms with Gasteiger partial charge >= 0.3 is 0 Å². The van der Waals surface area contributed by atoms with Crippen LogP contribution in [0.4, 0.5) is 17.6 Å². The third kappa shape index (κ3) is 6.83. The normalized spacial score (nSPS) is 23.8. The minimum Gasteiger partial charge on any atom is -0.491 e. The lowest BCUT2D eigenvalue weighted by Gasteiger charge is -2.31. The SMILES string of the molecule is CCCCOC1CCC(c2ccc(C3CCC(COc4ccc(OCC)c(F)c4F)CC3)c(F)c2F)CC1. The Kier molecular flexibility index (Phi) is 10.3. The molecule has 0 unspecified atom stereocenters. The van der Waals surface area contributed by atoms with Crippen molar-refractivity contribution in [3.05, 3.63) is 58.7 Å². The van der Waals surface area contributed by atoms with Crippen LogP contribution in [0.2, 0.25) is 0 Å². The summed E-state index contributed by atoms with van der Waals surface area (Å²) in [5.41, 5.74) is 0.937. The minimum atomic E-state index is -1.06. The Morgan fingerprint density at radius 3 is 1.71 bits per heavy atom. The van der Waals surface area contributed by atoms with Crippen LogP contribution >= 0.6 is 0 Å². The largest absolute Gasteiger partial charge is 0.491 e. The van der Waals surface area contributed by atoms with E-state index in [1.807, 2.05) is 0 Å². The van der Waals surface area contributed by atoms with Gasteiger partial charge in [0.15, 0.2) is 23.1 Å². The second-order valence-corrected chi connectivity index (χ2v) is 10.7. The fraction of sp³-hybridized carbons (Fsp3) is 0.613. The third-order valence-electron chi connectivity index (χ3n) is 8.18. The Balaban J connectivity index is 1.29. The Morgan fingerprint density at radius 2 is 1.18 bits per heavy atom. The number of ether oxygens (including phenoxy) is 3. The monoisotopic (exact) mass is 536 g/mol. The van der Waals surface area contributed by atoms with Crippen LogP contribution in [0.15, 0.2) is 24.3 Å². The molecule has 2 fully saturated rings. The van der Waals surface area contributed by atoms with Gasteiger partial charge in [0, 0.05) is 6.61 Å². The molecule has 0 saturated heterocycles. The van der Waals surface area contributed by atoms with Gasteiger partial charge in [0.1, 0.15) is 0 Å². The number of hydrogen-bond acceptors (Lipinski definition) is 3. The van der Waals surface area contributed by atoms with E-state index in [9.17, 15) is 8.78 Å². The number of benzene rings is 2. The highest BCUT2D eigenvalue weighted by atomic mass is 19.2. The van der Waals surface area contributed by atoms with Crippen molar-refractivity contribution in [2.24, 2.45) is 5.92 Å². The van der Waals surface area contributed by atoms with Crippen molar-refractivity contribution in [3.8, 4) is 11.5 Å². The first-order chi connectivity index (χ1) is 18.4.